The van der Waals surface area contributed by atoms with Gasteiger partial charge >= 0.3 is 11.9 Å². The van der Waals surface area contributed by atoms with E-state index < -0.39 is 18.0 Å². The van der Waals surface area contributed by atoms with Crippen molar-refractivity contribution in [2.24, 2.45) is 0 Å². The number of rotatable bonds is 6. The lowest BCUT2D eigenvalue weighted by Gasteiger charge is -2.37. The maximum absolute atomic E-state index is 12.7. The first-order valence-corrected chi connectivity index (χ1v) is 10.9. The number of likely N-dealkylation sites (tertiary alicyclic amines) is 1. The summed E-state index contributed by atoms with van der Waals surface area (Å²) in [4.78, 5) is 38.6. The number of aliphatic carboxylic acids is 1. The van der Waals surface area contributed by atoms with Crippen LogP contribution in [0.3, 0.4) is 0 Å². The smallest absolute Gasteiger partial charge is 0.328 e. The number of benzene rings is 2. The quantitative estimate of drug-likeness (QED) is 0.511. The van der Waals surface area contributed by atoms with Crippen LogP contribution in [0.25, 0.3) is 0 Å². The monoisotopic (exact) mass is 459 g/mol. The number of hydrogen-bond donors (Lipinski definition) is 1. The number of carbonyl (C=O) groups is 3. The fourth-order valence-corrected chi connectivity index (χ4v) is 4.88. The molecule has 0 amide bonds. The summed E-state index contributed by atoms with van der Waals surface area (Å²) in [5, 5.41) is 9.38. The van der Waals surface area contributed by atoms with Crippen LogP contribution in [0, 0.1) is 0 Å². The second-order valence-corrected chi connectivity index (χ2v) is 8.61. The summed E-state index contributed by atoms with van der Waals surface area (Å²) >= 11 is 7.44. The van der Waals surface area contributed by atoms with Crippen molar-refractivity contribution in [3.8, 4) is 0 Å². The van der Waals surface area contributed by atoms with Gasteiger partial charge in [-0.3, -0.25) is 9.69 Å². The van der Waals surface area contributed by atoms with Crippen molar-refractivity contribution >= 4 is 40.4 Å². The van der Waals surface area contributed by atoms with E-state index in [1.54, 1.807) is 48.5 Å². The van der Waals surface area contributed by atoms with E-state index in [2.05, 4.69) is 0 Å². The highest BCUT2D eigenvalue weighted by molar-refractivity contribution is 8.14. The van der Waals surface area contributed by atoms with Crippen molar-refractivity contribution in [1.29, 1.82) is 0 Å². The molecule has 162 valence electrons. The summed E-state index contributed by atoms with van der Waals surface area (Å²) in [5.41, 5.74) is 1.72. The Morgan fingerprint density at radius 2 is 1.84 bits per heavy atom. The van der Waals surface area contributed by atoms with Crippen molar-refractivity contribution in [1.82, 2.24) is 4.90 Å². The largest absolute Gasteiger partial charge is 0.478 e. The molecule has 0 bridgehead atoms. The molecule has 0 radical (unpaired) electrons. The summed E-state index contributed by atoms with van der Waals surface area (Å²) in [7, 11) is 1.31. The fourth-order valence-electron chi connectivity index (χ4n) is 3.59. The van der Waals surface area contributed by atoms with Crippen LogP contribution in [0.4, 0.5) is 0 Å². The van der Waals surface area contributed by atoms with Gasteiger partial charge in [-0.1, -0.05) is 71.9 Å². The number of esters is 1. The number of carbonyl (C=O) groups excluding carboxylic acids is 2. The van der Waals surface area contributed by atoms with Gasteiger partial charge in [0.1, 0.15) is 6.04 Å². The van der Waals surface area contributed by atoms with Gasteiger partial charge in [0.25, 0.3) is 0 Å². The highest BCUT2D eigenvalue weighted by Crippen LogP contribution is 2.36. The van der Waals surface area contributed by atoms with E-state index in [0.717, 1.165) is 17.8 Å². The lowest BCUT2D eigenvalue weighted by molar-refractivity contribution is -0.147. The number of piperidine rings is 1. The molecule has 1 unspecified atom stereocenters. The van der Waals surface area contributed by atoms with Crippen LogP contribution in [0.1, 0.15) is 28.4 Å². The van der Waals surface area contributed by atoms with Gasteiger partial charge in [0.2, 0.25) is 5.12 Å². The fraction of sp³-hybridized carbons (Fsp3) is 0.261. The zero-order valence-electron chi connectivity index (χ0n) is 16.9. The van der Waals surface area contributed by atoms with Gasteiger partial charge in [-0.2, -0.15) is 0 Å². The summed E-state index contributed by atoms with van der Waals surface area (Å²) < 4.78 is 5.01. The van der Waals surface area contributed by atoms with E-state index in [0.29, 0.717) is 34.7 Å². The van der Waals surface area contributed by atoms with E-state index in [9.17, 15) is 19.5 Å². The van der Waals surface area contributed by atoms with Gasteiger partial charge in [-0.15, -0.1) is 0 Å². The lowest BCUT2D eigenvalue weighted by Crippen LogP contribution is -2.43. The number of ether oxygens (including phenoxy) is 1. The Kier molecular flexibility index (Phi) is 7.90. The highest BCUT2D eigenvalue weighted by Gasteiger charge is 2.36. The minimum Gasteiger partial charge on any atom is -0.478 e. The molecule has 2 aromatic carbocycles. The number of carboxylic acids is 1. The highest BCUT2D eigenvalue weighted by atomic mass is 35.5. The maximum Gasteiger partial charge on any atom is 0.328 e. The molecule has 0 spiro atoms. The molecule has 6 nitrogen and oxygen atoms in total. The first-order valence-electron chi connectivity index (χ1n) is 9.66. The van der Waals surface area contributed by atoms with Crippen LogP contribution < -0.4 is 0 Å². The van der Waals surface area contributed by atoms with Gasteiger partial charge in [-0.25, -0.2) is 9.59 Å². The molecule has 2 aromatic rings. The van der Waals surface area contributed by atoms with Crippen LogP contribution >= 0.6 is 23.4 Å². The van der Waals surface area contributed by atoms with Crippen LogP contribution in [0.2, 0.25) is 5.02 Å². The molecule has 8 heteroatoms. The number of nitrogens with zero attached hydrogens (tertiary/aromatic N) is 1. The molecule has 0 saturated carbocycles. The Bertz CT molecular complexity index is 994. The van der Waals surface area contributed by atoms with Gasteiger partial charge in [0, 0.05) is 35.0 Å². The average molecular weight is 460 g/mol. The Morgan fingerprint density at radius 1 is 1.16 bits per heavy atom. The molecule has 0 aromatic heterocycles. The minimum atomic E-state index is -1.10. The molecule has 1 fully saturated rings. The SMILES string of the molecule is COC(=O)[C@H](c1ccccc1Cl)N1CCC(SC(=O)c2ccccc2)/C(=C/C(=O)O)C1. The maximum atomic E-state index is 12.7. The Balaban J connectivity index is 1.86. The zero-order chi connectivity index (χ0) is 22.4. The molecular formula is C23H22ClNO5S. The normalized spacial score (nSPS) is 19.0. The van der Waals surface area contributed by atoms with Crippen LogP contribution in [-0.4, -0.2) is 52.5 Å². The van der Waals surface area contributed by atoms with E-state index in [1.807, 2.05) is 11.0 Å². The third kappa shape index (κ3) is 5.76. The molecule has 31 heavy (non-hydrogen) atoms. The first kappa shape index (κ1) is 23.1. The number of methoxy groups -OCH3 is 1. The van der Waals surface area contributed by atoms with E-state index in [-0.39, 0.29) is 16.9 Å². The van der Waals surface area contributed by atoms with Gasteiger partial charge < -0.3 is 9.84 Å². The molecular weight excluding hydrogens is 438 g/mol. The van der Waals surface area contributed by atoms with Crippen molar-refractivity contribution < 1.29 is 24.2 Å². The third-order valence-corrected chi connectivity index (χ3v) is 6.65. The van der Waals surface area contributed by atoms with Crippen LogP contribution in [-0.2, 0) is 14.3 Å². The Hall–Kier alpha value is -2.61. The van der Waals surface area contributed by atoms with E-state index >= 15 is 0 Å². The van der Waals surface area contributed by atoms with Crippen molar-refractivity contribution in [2.45, 2.75) is 17.7 Å². The van der Waals surface area contributed by atoms with E-state index in [4.69, 9.17) is 16.3 Å². The number of thioether (sulfide) groups is 1. The summed E-state index contributed by atoms with van der Waals surface area (Å²) in [6.07, 6.45) is 1.63. The second kappa shape index (κ2) is 10.6. The van der Waals surface area contributed by atoms with Gasteiger partial charge in [-0.05, 0) is 23.6 Å². The number of hydrogen-bond acceptors (Lipinski definition) is 6. The number of carboxylic acid groups (broad SMARTS) is 1. The molecule has 1 saturated heterocycles. The van der Waals surface area contributed by atoms with Crippen molar-refractivity contribution in [2.75, 3.05) is 20.2 Å². The minimum absolute atomic E-state index is 0.119. The van der Waals surface area contributed by atoms with Crippen LogP contribution in [0.5, 0.6) is 0 Å². The predicted molar refractivity (Wildman–Crippen MR) is 120 cm³/mol. The Morgan fingerprint density at radius 3 is 2.48 bits per heavy atom. The first-order chi connectivity index (χ1) is 14.9. The second-order valence-electron chi connectivity index (χ2n) is 7.02. The third-order valence-electron chi connectivity index (χ3n) is 5.03. The Labute approximate surface area is 189 Å². The molecule has 0 aliphatic carbocycles. The van der Waals surface area contributed by atoms with Crippen LogP contribution in [0.15, 0.2) is 66.2 Å². The van der Waals surface area contributed by atoms with Gasteiger partial charge in [0.05, 0.1) is 7.11 Å². The van der Waals surface area contributed by atoms with Crippen molar-refractivity contribution in [3.63, 3.8) is 0 Å². The van der Waals surface area contributed by atoms with E-state index in [1.165, 1.54) is 7.11 Å². The molecule has 3 rings (SSSR count). The zero-order valence-corrected chi connectivity index (χ0v) is 18.4. The van der Waals surface area contributed by atoms with Gasteiger partial charge in [0.15, 0.2) is 0 Å². The average Bonchev–Trinajstić information content (AvgIpc) is 2.77. The van der Waals surface area contributed by atoms with Crippen molar-refractivity contribution in [3.05, 3.63) is 82.4 Å². The topological polar surface area (TPSA) is 83.9 Å². The molecule has 1 aliphatic heterocycles. The standard InChI is InChI=1S/C23H22ClNO5S/c1-30-22(28)21(17-9-5-6-10-18(17)24)25-12-11-19(16(14-25)13-20(26)27)31-23(29)15-7-3-2-4-8-15/h2-10,13,19,21H,11-12,14H2,1H3,(H,26,27)/b16-13+/t19?,21-/m0/s1. The molecule has 2 atom stereocenters. The summed E-state index contributed by atoms with van der Waals surface area (Å²) in [6, 6.07) is 15.1. The molecule has 1 heterocycles. The molecule has 1 aliphatic rings. The molecule has 1 N–H and O–H groups in total. The summed E-state index contributed by atoms with van der Waals surface area (Å²) in [6.45, 7) is 0.679. The lowest BCUT2D eigenvalue weighted by atomic mass is 9.98. The summed E-state index contributed by atoms with van der Waals surface area (Å²) in [5.74, 6) is -1.57. The predicted octanol–water partition coefficient (Wildman–Crippen LogP) is 4.21. The number of halogens is 1.